The number of amides is 2. The number of benzene rings is 2. The summed E-state index contributed by atoms with van der Waals surface area (Å²) in [5.41, 5.74) is 4.98. The van der Waals surface area contributed by atoms with Crippen LogP contribution in [0.5, 0.6) is 0 Å². The molecule has 1 saturated heterocycles. The maximum absolute atomic E-state index is 12.3. The van der Waals surface area contributed by atoms with Crippen molar-refractivity contribution in [2.45, 2.75) is 13.8 Å². The first-order chi connectivity index (χ1) is 12.0. The summed E-state index contributed by atoms with van der Waals surface area (Å²) >= 11 is 0. The van der Waals surface area contributed by atoms with Crippen molar-refractivity contribution in [3.8, 4) is 0 Å². The summed E-state index contributed by atoms with van der Waals surface area (Å²) in [6.07, 6.45) is 0. The molecule has 0 aliphatic carbocycles. The highest BCUT2D eigenvalue weighted by Gasteiger charge is 2.14. The number of likely N-dealkylation sites (N-methyl/N-ethyl adjacent to an activating group) is 1. The van der Waals surface area contributed by atoms with E-state index in [0.29, 0.717) is 0 Å². The van der Waals surface area contributed by atoms with Gasteiger partial charge in [0.15, 0.2) is 0 Å². The lowest BCUT2D eigenvalue weighted by atomic mass is 10.1. The van der Waals surface area contributed by atoms with Crippen molar-refractivity contribution in [1.82, 2.24) is 4.90 Å². The fourth-order valence-corrected chi connectivity index (χ4v) is 3.11. The maximum atomic E-state index is 12.3. The minimum absolute atomic E-state index is 0.218. The third kappa shape index (κ3) is 4.31. The van der Waals surface area contributed by atoms with Crippen molar-refractivity contribution in [3.63, 3.8) is 0 Å². The molecule has 0 atom stereocenters. The van der Waals surface area contributed by atoms with Gasteiger partial charge in [-0.05, 0) is 56.3 Å². The molecule has 0 saturated carbocycles. The van der Waals surface area contributed by atoms with E-state index in [-0.39, 0.29) is 6.03 Å². The van der Waals surface area contributed by atoms with Gasteiger partial charge in [0.2, 0.25) is 0 Å². The Balaban J connectivity index is 1.60. The van der Waals surface area contributed by atoms with Crippen LogP contribution < -0.4 is 15.5 Å². The Morgan fingerprint density at radius 3 is 2.08 bits per heavy atom. The van der Waals surface area contributed by atoms with Crippen LogP contribution in [0.3, 0.4) is 0 Å². The second kappa shape index (κ2) is 7.57. The second-order valence-electron chi connectivity index (χ2n) is 6.68. The van der Waals surface area contributed by atoms with E-state index >= 15 is 0 Å². The number of piperazine rings is 1. The zero-order valence-corrected chi connectivity index (χ0v) is 15.2. The molecule has 0 aromatic heterocycles. The average Bonchev–Trinajstić information content (AvgIpc) is 2.60. The van der Waals surface area contributed by atoms with Gasteiger partial charge in [0.05, 0.1) is 0 Å². The van der Waals surface area contributed by atoms with Crippen LogP contribution >= 0.6 is 0 Å². The zero-order valence-electron chi connectivity index (χ0n) is 15.2. The number of hydrogen-bond donors (Lipinski definition) is 2. The smallest absolute Gasteiger partial charge is 0.323 e. The summed E-state index contributed by atoms with van der Waals surface area (Å²) in [6, 6.07) is 13.8. The number of rotatable bonds is 3. The molecule has 0 radical (unpaired) electrons. The lowest BCUT2D eigenvalue weighted by Crippen LogP contribution is -2.44. The Bertz CT molecular complexity index is 714. The fourth-order valence-electron chi connectivity index (χ4n) is 3.11. The number of carbonyl (C=O) groups is 1. The van der Waals surface area contributed by atoms with Crippen molar-refractivity contribution < 1.29 is 4.79 Å². The molecule has 132 valence electrons. The highest BCUT2D eigenvalue weighted by Crippen LogP contribution is 2.21. The number of aryl methyl sites for hydroxylation is 2. The molecular weight excluding hydrogens is 312 g/mol. The van der Waals surface area contributed by atoms with Crippen LogP contribution in [0.1, 0.15) is 11.1 Å². The maximum Gasteiger partial charge on any atom is 0.323 e. The lowest BCUT2D eigenvalue weighted by molar-refractivity contribution is 0.262. The van der Waals surface area contributed by atoms with E-state index in [1.807, 2.05) is 44.2 Å². The van der Waals surface area contributed by atoms with Crippen LogP contribution in [-0.2, 0) is 0 Å². The molecule has 3 rings (SSSR count). The molecule has 2 N–H and O–H groups in total. The van der Waals surface area contributed by atoms with Gasteiger partial charge in [0.1, 0.15) is 0 Å². The van der Waals surface area contributed by atoms with Gasteiger partial charge < -0.3 is 20.4 Å². The highest BCUT2D eigenvalue weighted by atomic mass is 16.2. The molecule has 2 aromatic rings. The van der Waals surface area contributed by atoms with E-state index in [2.05, 4.69) is 39.6 Å². The van der Waals surface area contributed by atoms with Crippen LogP contribution in [-0.4, -0.2) is 44.2 Å². The Labute approximate surface area is 149 Å². The molecular formula is C20H26N4O. The number of nitrogens with zero attached hydrogens (tertiary/aromatic N) is 2. The lowest BCUT2D eigenvalue weighted by Gasteiger charge is -2.34. The van der Waals surface area contributed by atoms with Gasteiger partial charge in [-0.2, -0.15) is 0 Å². The third-order valence-corrected chi connectivity index (χ3v) is 4.71. The number of para-hydroxylation sites is 1. The molecule has 0 unspecified atom stereocenters. The standard InChI is InChI=1S/C20H26N4O/c1-15-5-4-6-16(2)19(15)22-20(25)21-17-7-9-18(10-8-17)24-13-11-23(3)12-14-24/h4-10H,11-14H2,1-3H3,(H2,21,22,25). The molecule has 1 heterocycles. The van der Waals surface area contributed by atoms with E-state index in [1.165, 1.54) is 5.69 Å². The SMILES string of the molecule is Cc1cccc(C)c1NC(=O)Nc1ccc(N2CCN(C)CC2)cc1. The summed E-state index contributed by atoms with van der Waals surface area (Å²) in [7, 11) is 2.15. The first kappa shape index (κ1) is 17.3. The number of nitrogens with one attached hydrogen (secondary N) is 2. The average molecular weight is 338 g/mol. The van der Waals surface area contributed by atoms with Crippen molar-refractivity contribution in [3.05, 3.63) is 53.6 Å². The minimum Gasteiger partial charge on any atom is -0.369 e. The summed E-state index contributed by atoms with van der Waals surface area (Å²) < 4.78 is 0. The van der Waals surface area contributed by atoms with Gasteiger partial charge in [0, 0.05) is 43.2 Å². The first-order valence-electron chi connectivity index (χ1n) is 8.71. The van der Waals surface area contributed by atoms with Crippen molar-refractivity contribution in [1.29, 1.82) is 0 Å². The quantitative estimate of drug-likeness (QED) is 0.897. The van der Waals surface area contributed by atoms with Crippen LogP contribution in [0.2, 0.25) is 0 Å². The molecule has 1 aliphatic rings. The topological polar surface area (TPSA) is 47.6 Å². The molecule has 1 fully saturated rings. The molecule has 5 heteroatoms. The van der Waals surface area contributed by atoms with E-state index in [4.69, 9.17) is 0 Å². The van der Waals surface area contributed by atoms with Gasteiger partial charge in [-0.25, -0.2) is 4.79 Å². The van der Waals surface area contributed by atoms with E-state index < -0.39 is 0 Å². The predicted molar refractivity (Wildman–Crippen MR) is 105 cm³/mol. The highest BCUT2D eigenvalue weighted by molar-refractivity contribution is 6.00. The number of hydrogen-bond acceptors (Lipinski definition) is 3. The summed E-state index contributed by atoms with van der Waals surface area (Å²) in [6.45, 7) is 8.23. The molecule has 25 heavy (non-hydrogen) atoms. The Morgan fingerprint density at radius 2 is 1.48 bits per heavy atom. The third-order valence-electron chi connectivity index (χ3n) is 4.71. The van der Waals surface area contributed by atoms with Crippen LogP contribution in [0.15, 0.2) is 42.5 Å². The normalized spacial score (nSPS) is 15.1. The van der Waals surface area contributed by atoms with Gasteiger partial charge in [-0.15, -0.1) is 0 Å². The van der Waals surface area contributed by atoms with Crippen LogP contribution in [0, 0.1) is 13.8 Å². The van der Waals surface area contributed by atoms with E-state index in [0.717, 1.165) is 48.7 Å². The summed E-state index contributed by atoms with van der Waals surface area (Å²) in [5.74, 6) is 0. The van der Waals surface area contributed by atoms with Gasteiger partial charge >= 0.3 is 6.03 Å². The Hall–Kier alpha value is -2.53. The summed E-state index contributed by atoms with van der Waals surface area (Å²) in [5, 5.41) is 5.85. The molecule has 2 aromatic carbocycles. The van der Waals surface area contributed by atoms with E-state index in [9.17, 15) is 4.79 Å². The largest absolute Gasteiger partial charge is 0.369 e. The van der Waals surface area contributed by atoms with Crippen LogP contribution in [0.4, 0.5) is 21.9 Å². The molecule has 0 bridgehead atoms. The van der Waals surface area contributed by atoms with Crippen molar-refractivity contribution in [2.75, 3.05) is 48.8 Å². The molecule has 0 spiro atoms. The monoisotopic (exact) mass is 338 g/mol. The van der Waals surface area contributed by atoms with E-state index in [1.54, 1.807) is 0 Å². The molecule has 2 amide bonds. The number of urea groups is 1. The van der Waals surface area contributed by atoms with Crippen molar-refractivity contribution in [2.24, 2.45) is 0 Å². The molecule has 1 aliphatic heterocycles. The Kier molecular flexibility index (Phi) is 5.24. The zero-order chi connectivity index (χ0) is 17.8. The summed E-state index contributed by atoms with van der Waals surface area (Å²) in [4.78, 5) is 17.0. The van der Waals surface area contributed by atoms with Crippen LogP contribution in [0.25, 0.3) is 0 Å². The minimum atomic E-state index is -0.218. The van der Waals surface area contributed by atoms with Gasteiger partial charge in [-0.1, -0.05) is 18.2 Å². The van der Waals surface area contributed by atoms with Gasteiger partial charge in [-0.3, -0.25) is 0 Å². The van der Waals surface area contributed by atoms with Crippen molar-refractivity contribution >= 4 is 23.1 Å². The fraction of sp³-hybridized carbons (Fsp3) is 0.350. The first-order valence-corrected chi connectivity index (χ1v) is 8.71. The predicted octanol–water partition coefficient (Wildman–Crippen LogP) is 3.70. The number of anilines is 3. The second-order valence-corrected chi connectivity index (χ2v) is 6.68. The molecule has 5 nitrogen and oxygen atoms in total. The number of carbonyl (C=O) groups excluding carboxylic acids is 1. The van der Waals surface area contributed by atoms with Gasteiger partial charge in [0.25, 0.3) is 0 Å². The Morgan fingerprint density at radius 1 is 0.880 bits per heavy atom.